The highest BCUT2D eigenvalue weighted by Crippen LogP contribution is 1.98. The first kappa shape index (κ1) is 15.4. The van der Waals surface area contributed by atoms with E-state index in [-0.39, 0.29) is 17.6 Å². The Bertz CT molecular complexity index is 198. The van der Waals surface area contributed by atoms with Gasteiger partial charge in [0, 0.05) is 25.0 Å². The molecule has 0 fully saturated rings. The van der Waals surface area contributed by atoms with Crippen LogP contribution < -0.4 is 10.6 Å². The molecule has 0 saturated heterocycles. The minimum atomic E-state index is -0.141. The summed E-state index contributed by atoms with van der Waals surface area (Å²) in [5.74, 6) is 0.0878. The van der Waals surface area contributed by atoms with Gasteiger partial charge in [0.05, 0.1) is 12.7 Å². The number of amides is 1. The first-order chi connectivity index (χ1) is 7.31. The van der Waals surface area contributed by atoms with Gasteiger partial charge in [-0.05, 0) is 34.6 Å². The van der Waals surface area contributed by atoms with Crippen LogP contribution in [0.3, 0.4) is 0 Å². The zero-order valence-electron chi connectivity index (χ0n) is 11.2. The summed E-state index contributed by atoms with van der Waals surface area (Å²) in [6.07, 6.45) is 0.782. The highest BCUT2D eigenvalue weighted by molar-refractivity contribution is 5.76. The van der Waals surface area contributed by atoms with Gasteiger partial charge in [0.25, 0.3) is 0 Å². The third-order valence-electron chi connectivity index (χ3n) is 1.77. The molecule has 0 aromatic heterocycles. The molecule has 4 nitrogen and oxygen atoms in total. The highest BCUT2D eigenvalue weighted by Gasteiger charge is 2.12. The van der Waals surface area contributed by atoms with Crippen LogP contribution in [0.25, 0.3) is 0 Å². The molecule has 0 unspecified atom stereocenters. The summed E-state index contributed by atoms with van der Waals surface area (Å²) < 4.78 is 5.37. The summed E-state index contributed by atoms with van der Waals surface area (Å²) in [6, 6.07) is 0. The fourth-order valence-corrected chi connectivity index (χ4v) is 1.17. The van der Waals surface area contributed by atoms with E-state index in [2.05, 4.69) is 10.6 Å². The Kier molecular flexibility index (Phi) is 7.34. The molecule has 4 heteroatoms. The molecule has 1 amide bonds. The molecule has 0 aromatic carbocycles. The average molecular weight is 230 g/mol. The highest BCUT2D eigenvalue weighted by atomic mass is 16.5. The fourth-order valence-electron chi connectivity index (χ4n) is 1.17. The molecule has 0 heterocycles. The quantitative estimate of drug-likeness (QED) is 0.648. The number of hydrogen-bond acceptors (Lipinski definition) is 3. The average Bonchev–Trinajstić information content (AvgIpc) is 2.07. The molecule has 0 aliphatic carbocycles. The van der Waals surface area contributed by atoms with E-state index >= 15 is 0 Å². The molecule has 0 aromatic rings. The summed E-state index contributed by atoms with van der Waals surface area (Å²) >= 11 is 0. The van der Waals surface area contributed by atoms with Crippen molar-refractivity contribution in [2.24, 2.45) is 0 Å². The van der Waals surface area contributed by atoms with Crippen molar-refractivity contribution in [3.05, 3.63) is 0 Å². The van der Waals surface area contributed by atoms with E-state index in [1.165, 1.54) is 0 Å². The lowest BCUT2D eigenvalue weighted by molar-refractivity contribution is -0.122. The monoisotopic (exact) mass is 230 g/mol. The van der Waals surface area contributed by atoms with Crippen molar-refractivity contribution < 1.29 is 9.53 Å². The van der Waals surface area contributed by atoms with E-state index in [0.29, 0.717) is 19.6 Å². The van der Waals surface area contributed by atoms with Crippen LogP contribution in [0.15, 0.2) is 0 Å². The summed E-state index contributed by atoms with van der Waals surface area (Å²) in [5, 5.41) is 6.09. The SMILES string of the molecule is CC(C)OCCNCCC(=O)NC(C)(C)C. The lowest BCUT2D eigenvalue weighted by atomic mass is 10.1. The normalized spacial score (nSPS) is 11.9. The topological polar surface area (TPSA) is 50.4 Å². The van der Waals surface area contributed by atoms with Gasteiger partial charge in [-0.15, -0.1) is 0 Å². The van der Waals surface area contributed by atoms with Gasteiger partial charge in [0.1, 0.15) is 0 Å². The van der Waals surface area contributed by atoms with Gasteiger partial charge < -0.3 is 15.4 Å². The molecule has 0 aliphatic heterocycles. The molecule has 0 rings (SSSR count). The maximum atomic E-state index is 11.4. The standard InChI is InChI=1S/C12H26N2O2/c1-10(2)16-9-8-13-7-6-11(15)14-12(3,4)5/h10,13H,6-9H2,1-5H3,(H,14,15). The molecule has 2 N–H and O–H groups in total. The predicted octanol–water partition coefficient (Wildman–Crippen LogP) is 1.31. The molecule has 16 heavy (non-hydrogen) atoms. The minimum absolute atomic E-state index is 0.0878. The second-order valence-corrected chi connectivity index (χ2v) is 5.22. The van der Waals surface area contributed by atoms with Gasteiger partial charge in [-0.2, -0.15) is 0 Å². The zero-order chi connectivity index (χ0) is 12.6. The maximum Gasteiger partial charge on any atom is 0.221 e. The van der Waals surface area contributed by atoms with Crippen LogP contribution in [0.4, 0.5) is 0 Å². The van der Waals surface area contributed by atoms with Gasteiger partial charge >= 0.3 is 0 Å². The van der Waals surface area contributed by atoms with Crippen molar-refractivity contribution in [1.82, 2.24) is 10.6 Å². The van der Waals surface area contributed by atoms with Crippen LogP contribution in [0.1, 0.15) is 41.0 Å². The van der Waals surface area contributed by atoms with Crippen molar-refractivity contribution in [2.75, 3.05) is 19.7 Å². The second-order valence-electron chi connectivity index (χ2n) is 5.22. The Morgan fingerprint density at radius 3 is 2.38 bits per heavy atom. The summed E-state index contributed by atoms with van der Waals surface area (Å²) in [6.45, 7) is 12.1. The Morgan fingerprint density at radius 1 is 1.25 bits per heavy atom. The Balaban J connectivity index is 3.35. The maximum absolute atomic E-state index is 11.4. The van der Waals surface area contributed by atoms with Crippen LogP contribution in [0.5, 0.6) is 0 Å². The molecule has 0 saturated carbocycles. The molecular formula is C12H26N2O2. The molecule has 0 spiro atoms. The molecule has 0 bridgehead atoms. The number of nitrogens with one attached hydrogen (secondary N) is 2. The van der Waals surface area contributed by atoms with Gasteiger partial charge in [0.15, 0.2) is 0 Å². The summed E-state index contributed by atoms with van der Waals surface area (Å²) in [4.78, 5) is 11.4. The lowest BCUT2D eigenvalue weighted by Gasteiger charge is -2.20. The van der Waals surface area contributed by atoms with Gasteiger partial charge in [-0.25, -0.2) is 0 Å². The Labute approximate surface area is 99.1 Å². The van der Waals surface area contributed by atoms with E-state index in [4.69, 9.17) is 4.74 Å². The van der Waals surface area contributed by atoms with Crippen molar-refractivity contribution in [2.45, 2.75) is 52.7 Å². The van der Waals surface area contributed by atoms with E-state index < -0.39 is 0 Å². The second kappa shape index (κ2) is 7.63. The van der Waals surface area contributed by atoms with Crippen LogP contribution in [-0.2, 0) is 9.53 Å². The summed E-state index contributed by atoms with van der Waals surface area (Å²) in [7, 11) is 0. The summed E-state index contributed by atoms with van der Waals surface area (Å²) in [5.41, 5.74) is -0.141. The first-order valence-electron chi connectivity index (χ1n) is 5.94. The zero-order valence-corrected chi connectivity index (χ0v) is 11.2. The van der Waals surface area contributed by atoms with E-state index in [1.807, 2.05) is 34.6 Å². The van der Waals surface area contributed by atoms with E-state index in [0.717, 1.165) is 6.54 Å². The van der Waals surface area contributed by atoms with Crippen LogP contribution >= 0.6 is 0 Å². The van der Waals surface area contributed by atoms with Gasteiger partial charge in [-0.1, -0.05) is 0 Å². The van der Waals surface area contributed by atoms with Gasteiger partial charge in [-0.3, -0.25) is 4.79 Å². The number of hydrogen-bond donors (Lipinski definition) is 2. The van der Waals surface area contributed by atoms with Crippen molar-refractivity contribution in [3.63, 3.8) is 0 Å². The van der Waals surface area contributed by atoms with Crippen molar-refractivity contribution in [1.29, 1.82) is 0 Å². The van der Waals surface area contributed by atoms with Crippen LogP contribution in [0.2, 0.25) is 0 Å². The fraction of sp³-hybridized carbons (Fsp3) is 0.917. The van der Waals surface area contributed by atoms with Gasteiger partial charge in [0.2, 0.25) is 5.91 Å². The first-order valence-corrected chi connectivity index (χ1v) is 5.94. The largest absolute Gasteiger partial charge is 0.377 e. The molecule has 96 valence electrons. The van der Waals surface area contributed by atoms with Crippen LogP contribution in [0, 0.1) is 0 Å². The number of ether oxygens (including phenoxy) is 1. The third-order valence-corrected chi connectivity index (χ3v) is 1.77. The lowest BCUT2D eigenvalue weighted by Crippen LogP contribution is -2.41. The molecule has 0 radical (unpaired) electrons. The number of carbonyl (C=O) groups excluding carboxylic acids is 1. The smallest absolute Gasteiger partial charge is 0.221 e. The molecule has 0 atom stereocenters. The predicted molar refractivity (Wildman–Crippen MR) is 66.5 cm³/mol. The van der Waals surface area contributed by atoms with E-state index in [9.17, 15) is 4.79 Å². The Morgan fingerprint density at radius 2 is 1.88 bits per heavy atom. The molecular weight excluding hydrogens is 204 g/mol. The Hall–Kier alpha value is -0.610. The van der Waals surface area contributed by atoms with E-state index in [1.54, 1.807) is 0 Å². The minimum Gasteiger partial charge on any atom is -0.377 e. The van der Waals surface area contributed by atoms with Crippen LogP contribution in [-0.4, -0.2) is 37.2 Å². The number of rotatable bonds is 7. The van der Waals surface area contributed by atoms with Crippen molar-refractivity contribution in [3.8, 4) is 0 Å². The number of carbonyl (C=O) groups is 1. The van der Waals surface area contributed by atoms with Crippen molar-refractivity contribution >= 4 is 5.91 Å². The third kappa shape index (κ3) is 11.5. The molecule has 0 aliphatic rings.